The van der Waals surface area contributed by atoms with Gasteiger partial charge in [0.15, 0.2) is 0 Å². The van der Waals surface area contributed by atoms with E-state index in [9.17, 15) is 19.1 Å². The molecule has 6 heteroatoms. The number of carbonyl (C=O) groups is 2. The third-order valence-corrected chi connectivity index (χ3v) is 2.92. The quantitative estimate of drug-likeness (QED) is 0.758. The number of aryl methyl sites for hydroxylation is 1. The maximum absolute atomic E-state index is 13.0. The van der Waals surface area contributed by atoms with E-state index in [2.05, 4.69) is 5.32 Å². The molecule has 2 aromatic rings. The number of phenols is 1. The Balaban J connectivity index is 2.31. The molecule has 0 aliphatic heterocycles. The zero-order valence-electron chi connectivity index (χ0n) is 11.1. The molecular formula is C15H12FNO4. The number of rotatable bonds is 3. The minimum atomic E-state index is -1.18. The predicted octanol–water partition coefficient (Wildman–Crippen LogP) is 2.79. The molecule has 2 aromatic carbocycles. The fraction of sp³-hybridized carbons (Fsp3) is 0.0667. The van der Waals surface area contributed by atoms with Gasteiger partial charge in [-0.25, -0.2) is 9.18 Å². The maximum atomic E-state index is 13.0. The van der Waals surface area contributed by atoms with Gasteiger partial charge in [-0.15, -0.1) is 0 Å². The van der Waals surface area contributed by atoms with E-state index in [1.165, 1.54) is 24.3 Å². The van der Waals surface area contributed by atoms with Crippen LogP contribution in [0.2, 0.25) is 0 Å². The van der Waals surface area contributed by atoms with Gasteiger partial charge in [-0.3, -0.25) is 4.79 Å². The van der Waals surface area contributed by atoms with Crippen LogP contribution in [0.15, 0.2) is 36.4 Å². The van der Waals surface area contributed by atoms with Gasteiger partial charge in [0, 0.05) is 5.56 Å². The summed E-state index contributed by atoms with van der Waals surface area (Å²) in [6.07, 6.45) is 0. The van der Waals surface area contributed by atoms with Crippen LogP contribution in [0.3, 0.4) is 0 Å². The number of aromatic carboxylic acids is 1. The highest BCUT2D eigenvalue weighted by Crippen LogP contribution is 2.25. The summed E-state index contributed by atoms with van der Waals surface area (Å²) in [6, 6.07) is 7.22. The lowest BCUT2D eigenvalue weighted by Gasteiger charge is -2.10. The SMILES string of the molecule is Cc1cc(F)ccc1C(=O)Nc1cc(C(=O)O)ccc1O. The van der Waals surface area contributed by atoms with Gasteiger partial charge < -0.3 is 15.5 Å². The summed E-state index contributed by atoms with van der Waals surface area (Å²) in [7, 11) is 0. The van der Waals surface area contributed by atoms with Crippen molar-refractivity contribution in [3.05, 3.63) is 58.9 Å². The summed E-state index contributed by atoms with van der Waals surface area (Å²) in [5.41, 5.74) is 0.570. The molecule has 2 rings (SSSR count). The average Bonchev–Trinajstić information content (AvgIpc) is 2.40. The normalized spacial score (nSPS) is 10.2. The summed E-state index contributed by atoms with van der Waals surface area (Å²) in [6.45, 7) is 1.57. The molecule has 21 heavy (non-hydrogen) atoms. The molecule has 0 aromatic heterocycles. The molecule has 1 amide bonds. The molecule has 0 heterocycles. The molecule has 0 radical (unpaired) electrons. The summed E-state index contributed by atoms with van der Waals surface area (Å²) >= 11 is 0. The number of carboxylic acids is 1. The number of hydrogen-bond acceptors (Lipinski definition) is 3. The van der Waals surface area contributed by atoms with E-state index in [1.54, 1.807) is 6.92 Å². The molecule has 0 aliphatic rings. The van der Waals surface area contributed by atoms with Crippen LogP contribution in [0.5, 0.6) is 5.75 Å². The van der Waals surface area contributed by atoms with Crippen molar-refractivity contribution in [1.29, 1.82) is 0 Å². The highest BCUT2D eigenvalue weighted by molar-refractivity contribution is 6.06. The van der Waals surface area contributed by atoms with Crippen LogP contribution >= 0.6 is 0 Å². The molecule has 0 aliphatic carbocycles. The molecule has 5 nitrogen and oxygen atoms in total. The largest absolute Gasteiger partial charge is 0.506 e. The Labute approximate surface area is 119 Å². The van der Waals surface area contributed by atoms with Crippen LogP contribution in [-0.4, -0.2) is 22.1 Å². The van der Waals surface area contributed by atoms with Crippen LogP contribution in [0.25, 0.3) is 0 Å². The van der Waals surface area contributed by atoms with Crippen LogP contribution in [0.4, 0.5) is 10.1 Å². The zero-order chi connectivity index (χ0) is 15.6. The third-order valence-electron chi connectivity index (χ3n) is 2.92. The minimum absolute atomic E-state index is 0.0244. The van der Waals surface area contributed by atoms with E-state index >= 15 is 0 Å². The Morgan fingerprint density at radius 2 is 1.86 bits per heavy atom. The first-order chi connectivity index (χ1) is 9.88. The number of nitrogens with one attached hydrogen (secondary N) is 1. The van der Waals surface area contributed by atoms with Crippen LogP contribution < -0.4 is 5.32 Å². The van der Waals surface area contributed by atoms with E-state index < -0.39 is 17.7 Å². The van der Waals surface area contributed by atoms with E-state index in [0.717, 1.165) is 12.1 Å². The molecule has 0 saturated carbocycles. The number of aromatic hydroxyl groups is 1. The fourth-order valence-electron chi connectivity index (χ4n) is 1.84. The predicted molar refractivity (Wildman–Crippen MR) is 74.2 cm³/mol. The van der Waals surface area contributed by atoms with Gasteiger partial charge >= 0.3 is 5.97 Å². The van der Waals surface area contributed by atoms with Crippen molar-refractivity contribution in [2.75, 3.05) is 5.32 Å². The molecule has 0 spiro atoms. The van der Waals surface area contributed by atoms with Gasteiger partial charge in [0.2, 0.25) is 0 Å². The number of halogens is 1. The molecule has 0 unspecified atom stereocenters. The van der Waals surface area contributed by atoms with E-state index in [1.807, 2.05) is 0 Å². The van der Waals surface area contributed by atoms with E-state index in [4.69, 9.17) is 5.11 Å². The van der Waals surface area contributed by atoms with Gasteiger partial charge in [-0.2, -0.15) is 0 Å². The number of benzene rings is 2. The second-order valence-corrected chi connectivity index (χ2v) is 4.45. The van der Waals surface area contributed by atoms with Crippen molar-refractivity contribution in [2.45, 2.75) is 6.92 Å². The third kappa shape index (κ3) is 3.17. The van der Waals surface area contributed by atoms with Crippen LogP contribution in [-0.2, 0) is 0 Å². The van der Waals surface area contributed by atoms with Crippen molar-refractivity contribution in [2.24, 2.45) is 0 Å². The number of carbonyl (C=O) groups excluding carboxylic acids is 1. The topological polar surface area (TPSA) is 86.6 Å². The van der Waals surface area contributed by atoms with Gasteiger partial charge in [0.25, 0.3) is 5.91 Å². The molecular weight excluding hydrogens is 277 g/mol. The zero-order valence-corrected chi connectivity index (χ0v) is 11.1. The molecule has 0 bridgehead atoms. The van der Waals surface area contributed by atoms with Crippen LogP contribution in [0, 0.1) is 12.7 Å². The van der Waals surface area contributed by atoms with E-state index in [-0.39, 0.29) is 22.6 Å². The smallest absolute Gasteiger partial charge is 0.335 e. The molecule has 0 fully saturated rings. The lowest BCUT2D eigenvalue weighted by atomic mass is 10.1. The Morgan fingerprint density at radius 1 is 1.14 bits per heavy atom. The number of carboxylic acid groups (broad SMARTS) is 1. The Bertz CT molecular complexity index is 728. The Morgan fingerprint density at radius 3 is 2.48 bits per heavy atom. The van der Waals surface area contributed by atoms with Gasteiger partial charge in [-0.1, -0.05) is 0 Å². The second kappa shape index (κ2) is 5.62. The summed E-state index contributed by atoms with van der Waals surface area (Å²) in [5, 5.41) is 21.0. The molecule has 3 N–H and O–H groups in total. The highest BCUT2D eigenvalue weighted by atomic mass is 19.1. The number of phenolic OH excluding ortho intramolecular Hbond substituents is 1. The van der Waals surface area contributed by atoms with Crippen molar-refractivity contribution < 1.29 is 24.2 Å². The van der Waals surface area contributed by atoms with Gasteiger partial charge in [0.05, 0.1) is 11.3 Å². The molecule has 0 saturated heterocycles. The monoisotopic (exact) mass is 289 g/mol. The average molecular weight is 289 g/mol. The lowest BCUT2D eigenvalue weighted by Crippen LogP contribution is -2.14. The van der Waals surface area contributed by atoms with Gasteiger partial charge in [-0.05, 0) is 48.9 Å². The first-order valence-electron chi connectivity index (χ1n) is 6.02. The fourth-order valence-corrected chi connectivity index (χ4v) is 1.84. The van der Waals surface area contributed by atoms with Crippen LogP contribution in [0.1, 0.15) is 26.3 Å². The standard InChI is InChI=1S/C15H12FNO4/c1-8-6-10(16)3-4-11(8)14(19)17-12-7-9(15(20)21)2-5-13(12)18/h2-7,18H,1H3,(H,17,19)(H,20,21). The van der Waals surface area contributed by atoms with Crippen molar-refractivity contribution in [3.63, 3.8) is 0 Å². The van der Waals surface area contributed by atoms with E-state index in [0.29, 0.717) is 5.56 Å². The maximum Gasteiger partial charge on any atom is 0.335 e. The first kappa shape index (κ1) is 14.5. The van der Waals surface area contributed by atoms with Gasteiger partial charge in [0.1, 0.15) is 11.6 Å². The molecule has 0 atom stereocenters. The highest BCUT2D eigenvalue weighted by Gasteiger charge is 2.14. The molecule has 108 valence electrons. The number of hydrogen-bond donors (Lipinski definition) is 3. The van der Waals surface area contributed by atoms with Crippen molar-refractivity contribution >= 4 is 17.6 Å². The summed E-state index contributed by atoms with van der Waals surface area (Å²) in [5.74, 6) is -2.46. The second-order valence-electron chi connectivity index (χ2n) is 4.45. The van der Waals surface area contributed by atoms with Crippen molar-refractivity contribution in [1.82, 2.24) is 0 Å². The van der Waals surface area contributed by atoms with Crippen molar-refractivity contribution in [3.8, 4) is 5.75 Å². The minimum Gasteiger partial charge on any atom is -0.506 e. The Hall–Kier alpha value is -2.89. The number of anilines is 1. The summed E-state index contributed by atoms with van der Waals surface area (Å²) in [4.78, 5) is 23.0. The lowest BCUT2D eigenvalue weighted by molar-refractivity contribution is 0.0696. The summed E-state index contributed by atoms with van der Waals surface area (Å²) < 4.78 is 13.0. The number of amides is 1. The Kier molecular flexibility index (Phi) is 3.89. The first-order valence-corrected chi connectivity index (χ1v) is 6.02.